The lowest BCUT2D eigenvalue weighted by Gasteiger charge is -2.31. The molecule has 0 aliphatic heterocycles. The van der Waals surface area contributed by atoms with Gasteiger partial charge in [0, 0.05) is 12.7 Å². The summed E-state index contributed by atoms with van der Waals surface area (Å²) in [4.78, 5) is 12.2. The Hall–Kier alpha value is -1.39. The van der Waals surface area contributed by atoms with Gasteiger partial charge in [-0.05, 0) is 69.4 Å². The topological polar surface area (TPSA) is 55.1 Å². The molecule has 0 radical (unpaired) electrons. The number of nitrogen functional groups attached to an aromatic ring is 1. The minimum Gasteiger partial charge on any atom is -0.396 e. The van der Waals surface area contributed by atoms with Gasteiger partial charge in [0.15, 0.2) is 5.82 Å². The van der Waals surface area contributed by atoms with E-state index in [2.05, 4.69) is 5.32 Å². The second-order valence-electron chi connectivity index (χ2n) is 5.63. The van der Waals surface area contributed by atoms with E-state index in [1.54, 1.807) is 0 Å². The third-order valence-corrected chi connectivity index (χ3v) is 5.43. The van der Waals surface area contributed by atoms with Crippen molar-refractivity contribution in [3.63, 3.8) is 0 Å². The Morgan fingerprint density at radius 1 is 0.931 bits per heavy atom. The van der Waals surface area contributed by atoms with E-state index in [9.17, 15) is 39.9 Å². The predicted molar refractivity (Wildman–Crippen MR) is 106 cm³/mol. The van der Waals surface area contributed by atoms with E-state index in [0.29, 0.717) is 12.1 Å². The van der Waals surface area contributed by atoms with Crippen LogP contribution in [0.3, 0.4) is 0 Å². The molecule has 2 rings (SSSR count). The van der Waals surface area contributed by atoms with Gasteiger partial charge in [-0.15, -0.1) is 0 Å². The number of carbonyl (C=O) groups excluding carboxylic acids is 1. The Kier molecular flexibility index (Phi) is 6.62. The van der Waals surface area contributed by atoms with Gasteiger partial charge in [0.2, 0.25) is 0 Å². The maximum absolute atomic E-state index is 14.2. The van der Waals surface area contributed by atoms with Gasteiger partial charge in [-0.1, -0.05) is 6.07 Å². The standard InChI is InChI=1S/C16H8F8I2N2O/c17-11-7(2-1-3-10(11)27)13(29)28-12-8(25)4-6(5-9(12)26)14(18,15(19,20)21)16(22,23)24/h1-5H,27H2,(H,28,29). The maximum Gasteiger partial charge on any atom is 0.435 e. The molecule has 1 amide bonds. The van der Waals surface area contributed by atoms with Gasteiger partial charge >= 0.3 is 18.0 Å². The van der Waals surface area contributed by atoms with Crippen LogP contribution in [-0.4, -0.2) is 18.3 Å². The van der Waals surface area contributed by atoms with E-state index in [1.165, 1.54) is 57.3 Å². The number of hydrogen-bond donors (Lipinski definition) is 2. The molecule has 0 bridgehead atoms. The number of anilines is 2. The fourth-order valence-electron chi connectivity index (χ4n) is 2.29. The van der Waals surface area contributed by atoms with Crippen LogP contribution in [-0.2, 0) is 5.67 Å². The van der Waals surface area contributed by atoms with Crippen molar-refractivity contribution in [3.8, 4) is 0 Å². The molecule has 158 valence electrons. The second-order valence-corrected chi connectivity index (χ2v) is 7.96. The zero-order valence-electron chi connectivity index (χ0n) is 13.7. The maximum atomic E-state index is 14.2. The highest BCUT2D eigenvalue weighted by Crippen LogP contribution is 2.54. The molecule has 0 saturated carbocycles. The molecule has 0 aromatic heterocycles. The van der Waals surface area contributed by atoms with Crippen molar-refractivity contribution < 1.29 is 39.9 Å². The number of nitrogens with one attached hydrogen (secondary N) is 1. The smallest absolute Gasteiger partial charge is 0.396 e. The van der Waals surface area contributed by atoms with Crippen molar-refractivity contribution in [3.05, 3.63) is 54.4 Å². The van der Waals surface area contributed by atoms with Gasteiger partial charge in [0.05, 0.1) is 16.9 Å². The van der Waals surface area contributed by atoms with Crippen LogP contribution in [0.4, 0.5) is 46.5 Å². The Morgan fingerprint density at radius 2 is 1.41 bits per heavy atom. The molecular weight excluding hydrogens is 642 g/mol. The third kappa shape index (κ3) is 4.39. The summed E-state index contributed by atoms with van der Waals surface area (Å²) in [5, 5.41) is 2.18. The summed E-state index contributed by atoms with van der Waals surface area (Å²) < 4.78 is 105. The first-order chi connectivity index (χ1) is 13.1. The molecule has 0 fully saturated rings. The summed E-state index contributed by atoms with van der Waals surface area (Å²) in [6.07, 6.45) is -12.5. The molecule has 0 spiro atoms. The van der Waals surface area contributed by atoms with Crippen LogP contribution in [0.15, 0.2) is 30.3 Å². The molecule has 3 nitrogen and oxygen atoms in total. The lowest BCUT2D eigenvalue weighted by Crippen LogP contribution is -2.50. The van der Waals surface area contributed by atoms with Gasteiger partial charge in [-0.25, -0.2) is 8.78 Å². The number of nitrogens with two attached hydrogens (primary N) is 1. The second kappa shape index (κ2) is 8.03. The van der Waals surface area contributed by atoms with Crippen LogP contribution in [0.25, 0.3) is 0 Å². The minimum absolute atomic E-state index is 0.214. The molecule has 13 heteroatoms. The SMILES string of the molecule is Nc1cccc(C(=O)Nc2c(I)cc(C(F)(C(F)(F)F)C(F)(F)F)cc2I)c1F. The van der Waals surface area contributed by atoms with Crippen LogP contribution in [0.2, 0.25) is 0 Å². The number of carbonyl (C=O) groups is 1. The summed E-state index contributed by atoms with van der Waals surface area (Å²) in [5.41, 5.74) is -3.00. The van der Waals surface area contributed by atoms with Crippen molar-refractivity contribution >= 4 is 62.5 Å². The Bertz CT molecular complexity index is 922. The molecule has 0 heterocycles. The molecule has 2 aromatic rings. The number of hydrogen-bond acceptors (Lipinski definition) is 2. The van der Waals surface area contributed by atoms with Crippen LogP contribution < -0.4 is 11.1 Å². The monoisotopic (exact) mass is 650 g/mol. The van der Waals surface area contributed by atoms with E-state index < -0.39 is 40.9 Å². The molecule has 0 unspecified atom stereocenters. The molecule has 0 aliphatic rings. The van der Waals surface area contributed by atoms with E-state index in [-0.39, 0.29) is 18.5 Å². The average Bonchev–Trinajstić information content (AvgIpc) is 2.57. The fourth-order valence-corrected chi connectivity index (χ4v) is 4.32. The lowest BCUT2D eigenvalue weighted by molar-refractivity contribution is -0.348. The van der Waals surface area contributed by atoms with Gasteiger partial charge in [-0.3, -0.25) is 4.79 Å². The number of alkyl halides is 7. The number of amides is 1. The summed E-state index contributed by atoms with van der Waals surface area (Å²) in [6.45, 7) is 0. The first-order valence-electron chi connectivity index (χ1n) is 7.28. The zero-order valence-corrected chi connectivity index (χ0v) is 18.0. The molecule has 2 aromatic carbocycles. The average molecular weight is 650 g/mol. The largest absolute Gasteiger partial charge is 0.435 e. The van der Waals surface area contributed by atoms with Gasteiger partial charge in [0.1, 0.15) is 0 Å². The molecule has 29 heavy (non-hydrogen) atoms. The van der Waals surface area contributed by atoms with E-state index in [1.807, 2.05) is 0 Å². The van der Waals surface area contributed by atoms with Crippen LogP contribution in [0.5, 0.6) is 0 Å². The Balaban J connectivity index is 2.52. The van der Waals surface area contributed by atoms with Crippen molar-refractivity contribution in [1.29, 1.82) is 0 Å². The summed E-state index contributed by atoms with van der Waals surface area (Å²) in [5.74, 6) is -2.10. The van der Waals surface area contributed by atoms with E-state index in [4.69, 9.17) is 5.73 Å². The summed E-state index contributed by atoms with van der Waals surface area (Å²) >= 11 is 2.67. The number of halogens is 10. The highest BCUT2D eigenvalue weighted by molar-refractivity contribution is 14.1. The molecule has 3 N–H and O–H groups in total. The van der Waals surface area contributed by atoms with Gasteiger partial charge in [0.25, 0.3) is 5.91 Å². The number of rotatable bonds is 3. The summed E-state index contributed by atoms with van der Waals surface area (Å²) in [6, 6.07) is 4.17. The highest BCUT2D eigenvalue weighted by Gasteiger charge is 2.73. The first kappa shape index (κ1) is 23.9. The quantitative estimate of drug-likeness (QED) is 0.238. The lowest BCUT2D eigenvalue weighted by atomic mass is 9.94. The normalized spacial score (nSPS) is 12.8. The molecular formula is C16H8F8I2N2O. The Labute approximate surface area is 185 Å². The van der Waals surface area contributed by atoms with Gasteiger partial charge < -0.3 is 11.1 Å². The molecule has 0 saturated heterocycles. The highest BCUT2D eigenvalue weighted by atomic mass is 127. The van der Waals surface area contributed by atoms with Crippen molar-refractivity contribution in [2.24, 2.45) is 0 Å². The van der Waals surface area contributed by atoms with Crippen LogP contribution in [0.1, 0.15) is 15.9 Å². The van der Waals surface area contributed by atoms with E-state index in [0.717, 1.165) is 6.07 Å². The van der Waals surface area contributed by atoms with Gasteiger partial charge in [-0.2, -0.15) is 26.3 Å². The molecule has 0 atom stereocenters. The molecule has 0 aliphatic carbocycles. The Morgan fingerprint density at radius 3 is 1.86 bits per heavy atom. The predicted octanol–water partition coefficient (Wildman–Crippen LogP) is 6.16. The van der Waals surface area contributed by atoms with Crippen LogP contribution >= 0.6 is 45.2 Å². The number of benzene rings is 2. The zero-order chi connectivity index (χ0) is 22.4. The first-order valence-corrected chi connectivity index (χ1v) is 9.44. The minimum atomic E-state index is -6.27. The summed E-state index contributed by atoms with van der Waals surface area (Å²) in [7, 11) is 0. The third-order valence-electron chi connectivity index (χ3n) is 3.73. The van der Waals surface area contributed by atoms with Crippen molar-refractivity contribution in [1.82, 2.24) is 0 Å². The van der Waals surface area contributed by atoms with Crippen LogP contribution in [0, 0.1) is 13.0 Å². The van der Waals surface area contributed by atoms with Crippen molar-refractivity contribution in [2.45, 2.75) is 18.0 Å². The van der Waals surface area contributed by atoms with E-state index >= 15 is 0 Å². The van der Waals surface area contributed by atoms with Crippen molar-refractivity contribution in [2.75, 3.05) is 11.1 Å². The fraction of sp³-hybridized carbons (Fsp3) is 0.188.